The van der Waals surface area contributed by atoms with Gasteiger partial charge in [-0.25, -0.2) is 9.78 Å². The Hall–Kier alpha value is -2.49. The van der Waals surface area contributed by atoms with Gasteiger partial charge >= 0.3 is 5.97 Å². The van der Waals surface area contributed by atoms with Crippen LogP contribution in [0.15, 0.2) is 24.4 Å². The van der Waals surface area contributed by atoms with Crippen LogP contribution in [0, 0.1) is 11.8 Å². The largest absolute Gasteiger partial charge is 0.477 e. The average molecular weight is 598 g/mol. The molecule has 9 heteroatoms. The van der Waals surface area contributed by atoms with E-state index in [2.05, 4.69) is 37.6 Å². The first-order valence-electron chi connectivity index (χ1n) is 15.7. The van der Waals surface area contributed by atoms with Gasteiger partial charge in [0, 0.05) is 48.7 Å². The summed E-state index contributed by atoms with van der Waals surface area (Å²) in [4.78, 5) is 36.7. The first-order valence-corrected chi connectivity index (χ1v) is 16.5. The van der Waals surface area contributed by atoms with Gasteiger partial charge in [0.15, 0.2) is 0 Å². The van der Waals surface area contributed by atoms with Gasteiger partial charge in [0.1, 0.15) is 11.0 Å². The van der Waals surface area contributed by atoms with Crippen LogP contribution in [0.25, 0.3) is 0 Å². The Bertz CT molecular complexity index is 1220. The van der Waals surface area contributed by atoms with E-state index in [9.17, 15) is 14.7 Å². The lowest BCUT2D eigenvalue weighted by Gasteiger charge is -2.39. The smallest absolute Gasteiger partial charge is 0.348 e. The van der Waals surface area contributed by atoms with Crippen molar-refractivity contribution in [3.8, 4) is 5.88 Å². The third-order valence-corrected chi connectivity index (χ3v) is 10.7. The minimum Gasteiger partial charge on any atom is -0.477 e. The van der Waals surface area contributed by atoms with Crippen LogP contribution in [0.3, 0.4) is 0 Å². The zero-order valence-corrected chi connectivity index (χ0v) is 26.5. The summed E-state index contributed by atoms with van der Waals surface area (Å²) in [7, 11) is 0. The lowest BCUT2D eigenvalue weighted by molar-refractivity contribution is -0.124. The standard InChI is InChI=1S/C33H47N3O5S/c1-22-5-7-24(8-6-22)31(37)36(27-20-28(33(2,3)4)42-30(27)32(38)39)25-9-11-26(12-10-25)41-29-19-23(13-14-34-29)21-35-15-17-40-18-16-35/h13-14,19-20,22,24-26H,5-12,15-18,21H2,1-4H3,(H,38,39)/t22?,24?,25-,26-. The fraction of sp³-hybridized carbons (Fsp3) is 0.667. The van der Waals surface area contributed by atoms with Gasteiger partial charge in [0.05, 0.1) is 18.9 Å². The molecule has 1 aliphatic heterocycles. The fourth-order valence-corrected chi connectivity index (χ4v) is 7.55. The molecule has 0 unspecified atom stereocenters. The van der Waals surface area contributed by atoms with Crippen LogP contribution in [0.2, 0.25) is 0 Å². The summed E-state index contributed by atoms with van der Waals surface area (Å²) < 4.78 is 11.8. The van der Waals surface area contributed by atoms with Crippen molar-refractivity contribution in [3.05, 3.63) is 39.7 Å². The number of ether oxygens (including phenoxy) is 2. The van der Waals surface area contributed by atoms with Crippen molar-refractivity contribution >= 4 is 28.9 Å². The van der Waals surface area contributed by atoms with Gasteiger partial charge in [-0.1, -0.05) is 27.7 Å². The second kappa shape index (κ2) is 13.4. The Kier molecular flexibility index (Phi) is 9.90. The van der Waals surface area contributed by atoms with Crippen molar-refractivity contribution in [1.82, 2.24) is 9.88 Å². The normalized spacial score (nSPS) is 25.6. The van der Waals surface area contributed by atoms with E-state index < -0.39 is 5.97 Å². The number of carboxylic acids is 1. The summed E-state index contributed by atoms with van der Waals surface area (Å²) in [5.74, 6) is 0.381. The van der Waals surface area contributed by atoms with E-state index in [4.69, 9.17) is 9.47 Å². The molecule has 3 aliphatic rings. The summed E-state index contributed by atoms with van der Waals surface area (Å²) >= 11 is 1.31. The Morgan fingerprint density at radius 2 is 1.76 bits per heavy atom. The van der Waals surface area contributed by atoms with Crippen LogP contribution in [0.4, 0.5) is 5.69 Å². The Morgan fingerprint density at radius 1 is 1.07 bits per heavy atom. The first-order chi connectivity index (χ1) is 20.1. The van der Waals surface area contributed by atoms with Crippen LogP contribution in [0.1, 0.15) is 99.2 Å². The summed E-state index contributed by atoms with van der Waals surface area (Å²) in [6.45, 7) is 12.8. The van der Waals surface area contributed by atoms with Crippen molar-refractivity contribution in [1.29, 1.82) is 0 Å². The highest BCUT2D eigenvalue weighted by molar-refractivity contribution is 7.14. The maximum atomic E-state index is 14.2. The van der Waals surface area contributed by atoms with Crippen LogP contribution in [-0.2, 0) is 21.5 Å². The molecule has 1 saturated heterocycles. The highest BCUT2D eigenvalue weighted by Gasteiger charge is 2.38. The zero-order chi connectivity index (χ0) is 29.9. The zero-order valence-electron chi connectivity index (χ0n) is 25.6. The second-order valence-electron chi connectivity index (χ2n) is 13.5. The Morgan fingerprint density at radius 3 is 2.40 bits per heavy atom. The molecule has 1 N–H and O–H groups in total. The van der Waals surface area contributed by atoms with E-state index in [1.165, 1.54) is 16.9 Å². The molecule has 3 fully saturated rings. The molecular formula is C33H47N3O5S. The number of pyridine rings is 1. The average Bonchev–Trinajstić information content (AvgIpc) is 3.41. The molecule has 2 aromatic rings. The molecule has 2 saturated carbocycles. The topological polar surface area (TPSA) is 92.2 Å². The highest BCUT2D eigenvalue weighted by Crippen LogP contribution is 2.42. The quantitative estimate of drug-likeness (QED) is 0.370. The van der Waals surface area contributed by atoms with E-state index in [1.807, 2.05) is 29.3 Å². The number of anilines is 1. The van der Waals surface area contributed by atoms with Crippen molar-refractivity contribution in [2.24, 2.45) is 11.8 Å². The number of hydrogen-bond acceptors (Lipinski definition) is 7. The number of morpholine rings is 1. The molecule has 0 atom stereocenters. The maximum absolute atomic E-state index is 14.2. The predicted molar refractivity (Wildman–Crippen MR) is 166 cm³/mol. The number of aromatic carboxylic acids is 1. The van der Waals surface area contributed by atoms with Gasteiger partial charge in [-0.3, -0.25) is 9.69 Å². The Labute approximate surface area is 254 Å². The van der Waals surface area contributed by atoms with E-state index in [1.54, 1.807) is 0 Å². The lowest BCUT2D eigenvalue weighted by atomic mass is 9.81. The van der Waals surface area contributed by atoms with Gasteiger partial charge in [-0.05, 0) is 80.4 Å². The van der Waals surface area contributed by atoms with Gasteiger partial charge in [0.25, 0.3) is 0 Å². The SMILES string of the molecule is CC1CCC(C(=O)N(c2cc(C(C)(C)C)sc2C(=O)O)[C@H]2CC[C@H](Oc3cc(CN4CCOCC4)ccn3)CC2)CC1. The number of nitrogens with zero attached hydrogens (tertiary/aromatic N) is 3. The third kappa shape index (κ3) is 7.53. The minimum atomic E-state index is -0.958. The number of carbonyl (C=O) groups excluding carboxylic acids is 1. The number of amides is 1. The fourth-order valence-electron chi connectivity index (χ4n) is 6.51. The minimum absolute atomic E-state index is 0.0198. The van der Waals surface area contributed by atoms with Crippen molar-refractivity contribution in [2.45, 2.75) is 103 Å². The second-order valence-corrected chi connectivity index (χ2v) is 14.5. The van der Waals surface area contributed by atoms with E-state index in [0.29, 0.717) is 17.5 Å². The van der Waals surface area contributed by atoms with E-state index >= 15 is 0 Å². The van der Waals surface area contributed by atoms with Gasteiger partial charge in [0.2, 0.25) is 11.8 Å². The summed E-state index contributed by atoms with van der Waals surface area (Å²) in [5.41, 5.74) is 1.57. The lowest BCUT2D eigenvalue weighted by Crippen LogP contribution is -2.47. The summed E-state index contributed by atoms with van der Waals surface area (Å²) in [6.07, 6.45) is 8.81. The van der Waals surface area contributed by atoms with Crippen LogP contribution in [-0.4, -0.2) is 65.3 Å². The molecule has 5 rings (SSSR count). The number of carbonyl (C=O) groups is 2. The third-order valence-electron chi connectivity index (χ3n) is 9.11. The number of thiophene rings is 1. The first kappa shape index (κ1) is 31.0. The highest BCUT2D eigenvalue weighted by atomic mass is 32.1. The molecule has 2 aliphatic carbocycles. The molecule has 1 amide bonds. The number of carboxylic acid groups (broad SMARTS) is 1. The molecule has 3 heterocycles. The summed E-state index contributed by atoms with van der Waals surface area (Å²) in [5, 5.41) is 10.2. The number of hydrogen-bond donors (Lipinski definition) is 1. The van der Waals surface area contributed by atoms with E-state index in [0.717, 1.165) is 89.1 Å². The molecule has 8 nitrogen and oxygen atoms in total. The molecule has 230 valence electrons. The molecule has 0 aromatic carbocycles. The van der Waals surface area contributed by atoms with Crippen LogP contribution in [0.5, 0.6) is 5.88 Å². The van der Waals surface area contributed by atoms with Crippen LogP contribution >= 0.6 is 11.3 Å². The molecule has 0 bridgehead atoms. The van der Waals surface area contributed by atoms with Gasteiger partial charge < -0.3 is 19.5 Å². The van der Waals surface area contributed by atoms with Gasteiger partial charge in [-0.2, -0.15) is 0 Å². The predicted octanol–water partition coefficient (Wildman–Crippen LogP) is 6.52. The van der Waals surface area contributed by atoms with E-state index in [-0.39, 0.29) is 34.3 Å². The monoisotopic (exact) mass is 597 g/mol. The van der Waals surface area contributed by atoms with Crippen molar-refractivity contribution in [3.63, 3.8) is 0 Å². The molecular weight excluding hydrogens is 550 g/mol. The molecule has 0 spiro atoms. The van der Waals surface area contributed by atoms with Crippen LogP contribution < -0.4 is 9.64 Å². The summed E-state index contributed by atoms with van der Waals surface area (Å²) in [6, 6.07) is 6.02. The molecule has 0 radical (unpaired) electrons. The van der Waals surface area contributed by atoms with Crippen molar-refractivity contribution in [2.75, 3.05) is 31.2 Å². The Balaban J connectivity index is 1.31. The van der Waals surface area contributed by atoms with Gasteiger partial charge in [-0.15, -0.1) is 11.3 Å². The number of aromatic nitrogens is 1. The number of rotatable bonds is 8. The maximum Gasteiger partial charge on any atom is 0.348 e. The van der Waals surface area contributed by atoms with Crippen molar-refractivity contribution < 1.29 is 24.2 Å². The molecule has 2 aromatic heterocycles. The molecule has 42 heavy (non-hydrogen) atoms.